The molecule has 8 heteroatoms. The fourth-order valence-electron chi connectivity index (χ4n) is 2.43. The van der Waals surface area contributed by atoms with Gasteiger partial charge in [0, 0.05) is 6.08 Å². The number of benzene rings is 1. The van der Waals surface area contributed by atoms with Gasteiger partial charge in [-0.25, -0.2) is 0 Å². The van der Waals surface area contributed by atoms with Crippen molar-refractivity contribution in [3.8, 4) is 5.75 Å². The number of aliphatic hydroxyl groups excluding tert-OH is 2. The predicted octanol–water partition coefficient (Wildman–Crippen LogP) is -0.267. The van der Waals surface area contributed by atoms with Gasteiger partial charge in [-0.2, -0.15) is 0 Å². The van der Waals surface area contributed by atoms with Crippen molar-refractivity contribution in [2.45, 2.75) is 17.8 Å². The summed E-state index contributed by atoms with van der Waals surface area (Å²) in [5.74, 6) is -1.66. The Labute approximate surface area is 129 Å². The van der Waals surface area contributed by atoms with Crippen LogP contribution in [-0.4, -0.2) is 51.4 Å². The second kappa shape index (κ2) is 5.06. The summed E-state index contributed by atoms with van der Waals surface area (Å²) in [5, 5.41) is 31.3. The number of phenolic OH excluding ortho intramolecular Hbond substituents is 1. The molecule has 1 aromatic rings. The molecular weight excluding hydrogens is 314 g/mol. The maximum absolute atomic E-state index is 12.1. The Morgan fingerprint density at radius 3 is 2.86 bits per heavy atom. The van der Waals surface area contributed by atoms with Crippen LogP contribution in [0, 0.1) is 0 Å². The Kier molecular flexibility index (Phi) is 3.45. The van der Waals surface area contributed by atoms with Gasteiger partial charge < -0.3 is 25.4 Å². The summed E-state index contributed by atoms with van der Waals surface area (Å²) in [6.07, 6.45) is -1.13. The SMILES string of the molecule is O=C(NC1=CC(=O)C2(CO)OC2C1O)c1cccc(Cl)c1O. The van der Waals surface area contributed by atoms with E-state index in [1.165, 1.54) is 18.2 Å². The number of para-hydroxylation sites is 1. The number of aliphatic hydroxyl groups is 2. The van der Waals surface area contributed by atoms with Crippen LogP contribution in [0.2, 0.25) is 5.02 Å². The van der Waals surface area contributed by atoms with E-state index in [1.54, 1.807) is 0 Å². The molecular formula is C14H12ClNO6. The van der Waals surface area contributed by atoms with Gasteiger partial charge >= 0.3 is 0 Å². The molecule has 116 valence electrons. The average molecular weight is 326 g/mol. The van der Waals surface area contributed by atoms with E-state index in [9.17, 15) is 24.9 Å². The molecule has 0 spiro atoms. The minimum absolute atomic E-state index is 0.00622. The van der Waals surface area contributed by atoms with Crippen molar-refractivity contribution in [1.29, 1.82) is 0 Å². The van der Waals surface area contributed by atoms with Crippen molar-refractivity contribution in [2.24, 2.45) is 0 Å². The summed E-state index contributed by atoms with van der Waals surface area (Å²) in [5.41, 5.74) is -1.55. The van der Waals surface area contributed by atoms with Crippen LogP contribution in [-0.2, 0) is 9.53 Å². The van der Waals surface area contributed by atoms with Gasteiger partial charge in [-0.1, -0.05) is 17.7 Å². The highest BCUT2D eigenvalue weighted by Crippen LogP contribution is 2.44. The molecule has 1 amide bonds. The van der Waals surface area contributed by atoms with Crippen LogP contribution in [0.25, 0.3) is 0 Å². The molecule has 1 aliphatic carbocycles. The van der Waals surface area contributed by atoms with E-state index in [2.05, 4.69) is 5.32 Å². The number of rotatable bonds is 3. The van der Waals surface area contributed by atoms with Crippen LogP contribution in [0.3, 0.4) is 0 Å². The smallest absolute Gasteiger partial charge is 0.259 e. The third kappa shape index (κ3) is 2.10. The van der Waals surface area contributed by atoms with Crippen LogP contribution in [0.1, 0.15) is 10.4 Å². The Morgan fingerprint density at radius 1 is 1.45 bits per heavy atom. The standard InChI is InChI=1S/C14H12ClNO6/c15-7-3-1-2-6(10(7)19)13(21)16-8-4-9(18)14(5-17)12(22-14)11(8)20/h1-4,11-12,17,19-20H,5H2,(H,16,21). The van der Waals surface area contributed by atoms with E-state index >= 15 is 0 Å². The molecule has 1 heterocycles. The van der Waals surface area contributed by atoms with Gasteiger partial charge in [0.1, 0.15) is 18.0 Å². The zero-order chi connectivity index (χ0) is 16.1. The number of ether oxygens (including phenoxy) is 1. The van der Waals surface area contributed by atoms with Gasteiger partial charge in [0.05, 0.1) is 22.9 Å². The molecule has 22 heavy (non-hydrogen) atoms. The minimum atomic E-state index is -1.40. The third-order valence-electron chi connectivity index (χ3n) is 3.77. The number of carbonyl (C=O) groups excluding carboxylic acids is 2. The quantitative estimate of drug-likeness (QED) is 0.568. The number of halogens is 1. The van der Waals surface area contributed by atoms with Gasteiger partial charge in [0.2, 0.25) is 0 Å². The average Bonchev–Trinajstić information content (AvgIpc) is 3.24. The lowest BCUT2D eigenvalue weighted by molar-refractivity contribution is -0.121. The van der Waals surface area contributed by atoms with Gasteiger partial charge in [-0.15, -0.1) is 0 Å². The maximum atomic E-state index is 12.1. The van der Waals surface area contributed by atoms with E-state index in [1.807, 2.05) is 0 Å². The number of carbonyl (C=O) groups is 2. The Morgan fingerprint density at radius 2 is 2.18 bits per heavy atom. The lowest BCUT2D eigenvalue weighted by Gasteiger charge is -2.20. The molecule has 0 aromatic heterocycles. The molecule has 7 nitrogen and oxygen atoms in total. The number of fused-ring (bicyclic) bond motifs is 1. The van der Waals surface area contributed by atoms with Crippen LogP contribution in [0.5, 0.6) is 5.75 Å². The van der Waals surface area contributed by atoms with Crippen LogP contribution in [0.15, 0.2) is 30.0 Å². The van der Waals surface area contributed by atoms with Crippen molar-refractivity contribution in [1.82, 2.24) is 5.32 Å². The van der Waals surface area contributed by atoms with Crippen LogP contribution >= 0.6 is 11.6 Å². The zero-order valence-corrected chi connectivity index (χ0v) is 11.9. The summed E-state index contributed by atoms with van der Waals surface area (Å²) >= 11 is 5.72. The number of hydrogen-bond donors (Lipinski definition) is 4. The molecule has 4 N–H and O–H groups in total. The molecule has 1 aromatic carbocycles. The zero-order valence-electron chi connectivity index (χ0n) is 11.1. The molecule has 0 radical (unpaired) electrons. The molecule has 3 atom stereocenters. The number of ketones is 1. The first-order chi connectivity index (χ1) is 10.4. The van der Waals surface area contributed by atoms with Crippen molar-refractivity contribution >= 4 is 23.3 Å². The van der Waals surface area contributed by atoms with E-state index < -0.39 is 41.9 Å². The molecule has 1 fully saturated rings. The lowest BCUT2D eigenvalue weighted by atomic mass is 9.89. The molecule has 0 bridgehead atoms. The van der Waals surface area contributed by atoms with Crippen molar-refractivity contribution in [3.05, 3.63) is 40.6 Å². The molecule has 3 rings (SSSR count). The second-order valence-corrected chi connectivity index (χ2v) is 5.49. The molecule has 1 saturated heterocycles. The first-order valence-electron chi connectivity index (χ1n) is 6.42. The first kappa shape index (κ1) is 15.0. The van der Waals surface area contributed by atoms with Crippen molar-refractivity contribution in [3.63, 3.8) is 0 Å². The van der Waals surface area contributed by atoms with E-state index in [0.29, 0.717) is 0 Å². The predicted molar refractivity (Wildman–Crippen MR) is 74.4 cm³/mol. The van der Waals surface area contributed by atoms with Crippen molar-refractivity contribution < 1.29 is 29.6 Å². The first-order valence-corrected chi connectivity index (χ1v) is 6.80. The molecule has 2 aliphatic rings. The number of epoxide rings is 1. The number of phenols is 1. The van der Waals surface area contributed by atoms with Gasteiger partial charge in [-0.3, -0.25) is 9.59 Å². The summed E-state index contributed by atoms with van der Waals surface area (Å²) in [6.45, 7) is -0.541. The number of aromatic hydroxyl groups is 1. The van der Waals surface area contributed by atoms with Gasteiger partial charge in [0.25, 0.3) is 5.91 Å². The normalized spacial score (nSPS) is 29.6. The van der Waals surface area contributed by atoms with Gasteiger partial charge in [-0.05, 0) is 12.1 Å². The highest BCUT2D eigenvalue weighted by Gasteiger charge is 2.67. The van der Waals surface area contributed by atoms with Gasteiger partial charge in [0.15, 0.2) is 11.4 Å². The fourth-order valence-corrected chi connectivity index (χ4v) is 2.61. The number of hydrogen-bond acceptors (Lipinski definition) is 6. The minimum Gasteiger partial charge on any atom is -0.506 e. The molecule has 0 saturated carbocycles. The summed E-state index contributed by atoms with van der Waals surface area (Å²) in [4.78, 5) is 24.0. The molecule has 1 aliphatic heterocycles. The fraction of sp³-hybridized carbons (Fsp3) is 0.286. The summed E-state index contributed by atoms with van der Waals surface area (Å²) < 4.78 is 5.08. The monoisotopic (exact) mass is 325 g/mol. The largest absolute Gasteiger partial charge is 0.506 e. The lowest BCUT2D eigenvalue weighted by Crippen LogP contribution is -2.44. The third-order valence-corrected chi connectivity index (χ3v) is 4.08. The number of nitrogens with one attached hydrogen (secondary N) is 1. The van der Waals surface area contributed by atoms with Crippen LogP contribution in [0.4, 0.5) is 0 Å². The van der Waals surface area contributed by atoms with E-state index in [0.717, 1.165) is 6.08 Å². The summed E-state index contributed by atoms with van der Waals surface area (Å²) in [6, 6.07) is 4.24. The van der Waals surface area contributed by atoms with Crippen LogP contribution < -0.4 is 5.32 Å². The summed E-state index contributed by atoms with van der Waals surface area (Å²) in [7, 11) is 0. The second-order valence-electron chi connectivity index (χ2n) is 5.08. The molecule has 3 unspecified atom stereocenters. The Bertz CT molecular complexity index is 703. The highest BCUT2D eigenvalue weighted by atomic mass is 35.5. The Balaban J connectivity index is 1.83. The number of amides is 1. The maximum Gasteiger partial charge on any atom is 0.259 e. The van der Waals surface area contributed by atoms with Crippen molar-refractivity contribution in [2.75, 3.05) is 6.61 Å². The highest BCUT2D eigenvalue weighted by molar-refractivity contribution is 6.32. The van der Waals surface area contributed by atoms with E-state index in [4.69, 9.17) is 16.3 Å². The topological polar surface area (TPSA) is 119 Å². The van der Waals surface area contributed by atoms with E-state index in [-0.39, 0.29) is 16.3 Å². The Hall–Kier alpha value is -1.93.